The van der Waals surface area contributed by atoms with E-state index in [2.05, 4.69) is 64.4 Å². The van der Waals surface area contributed by atoms with E-state index >= 15 is 0 Å². The smallest absolute Gasteiger partial charge is 0.226 e. The standard InChI is InChI=1S/C22H40N2O/c1-8-17-9-10-18(16-24-13-11-21(5,6)12-14-24)22(7,15-17)19(25)23-20(2,3)4/h8,17-18H,1,9-16H2,2-7H3,(H,23,25)/t17-,18?,22+/m1/s1. The molecule has 1 saturated heterocycles. The predicted molar refractivity (Wildman–Crippen MR) is 106 cm³/mol. The van der Waals surface area contributed by atoms with Crippen molar-refractivity contribution in [3.63, 3.8) is 0 Å². The van der Waals surface area contributed by atoms with E-state index in [1.54, 1.807) is 0 Å². The largest absolute Gasteiger partial charge is 0.351 e. The molecule has 3 atom stereocenters. The molecular formula is C22H40N2O. The highest BCUT2D eigenvalue weighted by Gasteiger charge is 2.46. The molecule has 1 saturated carbocycles. The molecule has 1 unspecified atom stereocenters. The summed E-state index contributed by atoms with van der Waals surface area (Å²) in [5.74, 6) is 1.13. The maximum absolute atomic E-state index is 13.2. The molecule has 1 amide bonds. The molecule has 0 radical (unpaired) electrons. The molecule has 2 rings (SSSR count). The highest BCUT2D eigenvalue weighted by molar-refractivity contribution is 5.83. The third-order valence-electron chi connectivity index (χ3n) is 6.50. The van der Waals surface area contributed by atoms with Gasteiger partial charge >= 0.3 is 0 Å². The number of allylic oxidation sites excluding steroid dienone is 1. The van der Waals surface area contributed by atoms with Gasteiger partial charge in [-0.25, -0.2) is 0 Å². The van der Waals surface area contributed by atoms with E-state index in [-0.39, 0.29) is 16.9 Å². The number of rotatable bonds is 4. The first-order chi connectivity index (χ1) is 11.5. The zero-order chi connectivity index (χ0) is 18.9. The second kappa shape index (κ2) is 7.42. The number of likely N-dealkylation sites (tertiary alicyclic amines) is 1. The number of hydrogen-bond donors (Lipinski definition) is 1. The molecule has 0 aromatic rings. The quantitative estimate of drug-likeness (QED) is 0.751. The Labute approximate surface area is 155 Å². The first-order valence-corrected chi connectivity index (χ1v) is 10.1. The summed E-state index contributed by atoms with van der Waals surface area (Å²) in [6, 6.07) is 0. The Kier molecular flexibility index (Phi) is 6.08. The van der Waals surface area contributed by atoms with Gasteiger partial charge in [0.25, 0.3) is 0 Å². The van der Waals surface area contributed by atoms with E-state index in [1.807, 2.05) is 0 Å². The van der Waals surface area contributed by atoms with E-state index in [1.165, 1.54) is 32.4 Å². The maximum Gasteiger partial charge on any atom is 0.226 e. The van der Waals surface area contributed by atoms with Crippen molar-refractivity contribution in [2.45, 2.75) is 79.2 Å². The zero-order valence-corrected chi connectivity index (χ0v) is 17.5. The molecule has 1 heterocycles. The van der Waals surface area contributed by atoms with Crippen LogP contribution in [0, 0.1) is 22.7 Å². The Morgan fingerprint density at radius 2 is 1.80 bits per heavy atom. The average molecular weight is 349 g/mol. The van der Waals surface area contributed by atoms with Gasteiger partial charge in [-0.05, 0) is 83.2 Å². The van der Waals surface area contributed by atoms with Crippen molar-refractivity contribution >= 4 is 5.91 Å². The van der Waals surface area contributed by atoms with Crippen LogP contribution in [-0.2, 0) is 4.79 Å². The molecule has 3 nitrogen and oxygen atoms in total. The summed E-state index contributed by atoms with van der Waals surface area (Å²) >= 11 is 0. The lowest BCUT2D eigenvalue weighted by molar-refractivity contribution is -0.138. The van der Waals surface area contributed by atoms with Crippen molar-refractivity contribution in [1.29, 1.82) is 0 Å². The second-order valence-electron chi connectivity index (χ2n) is 10.6. The number of carbonyl (C=O) groups excluding carboxylic acids is 1. The summed E-state index contributed by atoms with van der Waals surface area (Å²) in [6.07, 6.45) is 7.82. The molecule has 0 bridgehead atoms. The second-order valence-corrected chi connectivity index (χ2v) is 10.6. The summed E-state index contributed by atoms with van der Waals surface area (Å²) in [7, 11) is 0. The normalized spacial score (nSPS) is 33.7. The molecule has 0 aromatic heterocycles. The van der Waals surface area contributed by atoms with Crippen molar-refractivity contribution in [2.75, 3.05) is 19.6 Å². The highest BCUT2D eigenvalue weighted by Crippen LogP contribution is 2.45. The number of nitrogens with one attached hydrogen (secondary N) is 1. The van der Waals surface area contributed by atoms with Gasteiger partial charge in [0.2, 0.25) is 5.91 Å². The lowest BCUT2D eigenvalue weighted by atomic mass is 9.63. The third kappa shape index (κ3) is 5.32. The predicted octanol–water partition coefficient (Wildman–Crippen LogP) is 4.63. The molecule has 1 aliphatic carbocycles. The SMILES string of the molecule is C=C[C@@H]1CCC(CN2CCC(C)(C)CC2)[C@@](C)(C(=O)NC(C)(C)C)C1. The van der Waals surface area contributed by atoms with Gasteiger partial charge in [-0.1, -0.05) is 26.8 Å². The first kappa shape index (κ1) is 20.5. The van der Waals surface area contributed by atoms with Crippen molar-refractivity contribution in [2.24, 2.45) is 22.7 Å². The number of hydrogen-bond acceptors (Lipinski definition) is 2. The molecule has 3 heteroatoms. The van der Waals surface area contributed by atoms with Crippen LogP contribution in [0.1, 0.15) is 73.6 Å². The van der Waals surface area contributed by atoms with Gasteiger partial charge in [0.15, 0.2) is 0 Å². The zero-order valence-electron chi connectivity index (χ0n) is 17.5. The minimum Gasteiger partial charge on any atom is -0.351 e. The van der Waals surface area contributed by atoms with Crippen molar-refractivity contribution in [3.8, 4) is 0 Å². The number of amides is 1. The van der Waals surface area contributed by atoms with Gasteiger partial charge < -0.3 is 10.2 Å². The maximum atomic E-state index is 13.2. The van der Waals surface area contributed by atoms with Crippen LogP contribution in [0.3, 0.4) is 0 Å². The van der Waals surface area contributed by atoms with Crippen LogP contribution < -0.4 is 5.32 Å². The van der Waals surface area contributed by atoms with Crippen LogP contribution in [-0.4, -0.2) is 36.0 Å². The summed E-state index contributed by atoms with van der Waals surface area (Å²) in [4.78, 5) is 15.8. The fourth-order valence-corrected chi connectivity index (χ4v) is 4.46. The molecule has 1 aliphatic heterocycles. The summed E-state index contributed by atoms with van der Waals surface area (Å²) in [5.41, 5.74) is 0.00216. The number of nitrogens with zero attached hydrogens (tertiary/aromatic N) is 1. The molecule has 2 aliphatic rings. The first-order valence-electron chi connectivity index (χ1n) is 10.1. The van der Waals surface area contributed by atoms with E-state index < -0.39 is 0 Å². The Morgan fingerprint density at radius 3 is 2.32 bits per heavy atom. The summed E-state index contributed by atoms with van der Waals surface area (Å²) in [6.45, 7) is 20.6. The van der Waals surface area contributed by atoms with Crippen molar-refractivity contribution in [1.82, 2.24) is 10.2 Å². The Hall–Kier alpha value is -0.830. The van der Waals surface area contributed by atoms with Gasteiger partial charge in [-0.2, -0.15) is 0 Å². The fourth-order valence-electron chi connectivity index (χ4n) is 4.46. The van der Waals surface area contributed by atoms with Gasteiger partial charge in [-0.3, -0.25) is 4.79 Å². The lowest BCUT2D eigenvalue weighted by Gasteiger charge is -2.47. The molecule has 2 fully saturated rings. The summed E-state index contributed by atoms with van der Waals surface area (Å²) < 4.78 is 0. The molecule has 1 N–H and O–H groups in total. The molecule has 25 heavy (non-hydrogen) atoms. The van der Waals surface area contributed by atoms with Gasteiger partial charge in [0, 0.05) is 12.1 Å². The van der Waals surface area contributed by atoms with Gasteiger partial charge in [0.1, 0.15) is 0 Å². The van der Waals surface area contributed by atoms with Crippen molar-refractivity contribution < 1.29 is 4.79 Å². The molecular weight excluding hydrogens is 308 g/mol. The minimum atomic E-state index is -0.294. The topological polar surface area (TPSA) is 32.3 Å². The minimum absolute atomic E-state index is 0.180. The van der Waals surface area contributed by atoms with E-state index in [9.17, 15) is 4.79 Å². The van der Waals surface area contributed by atoms with E-state index in [4.69, 9.17) is 0 Å². The van der Waals surface area contributed by atoms with Crippen molar-refractivity contribution in [3.05, 3.63) is 12.7 Å². The Balaban J connectivity index is 2.10. The van der Waals surface area contributed by atoms with Crippen LogP contribution in [0.2, 0.25) is 0 Å². The van der Waals surface area contributed by atoms with Crippen LogP contribution in [0.4, 0.5) is 0 Å². The Morgan fingerprint density at radius 1 is 1.20 bits per heavy atom. The summed E-state index contributed by atoms with van der Waals surface area (Å²) in [5, 5.41) is 3.26. The third-order valence-corrected chi connectivity index (χ3v) is 6.50. The number of carbonyl (C=O) groups is 1. The number of piperidine rings is 1. The van der Waals surface area contributed by atoms with Crippen LogP contribution >= 0.6 is 0 Å². The van der Waals surface area contributed by atoms with E-state index in [0.717, 1.165) is 19.4 Å². The van der Waals surface area contributed by atoms with Crippen LogP contribution in [0.5, 0.6) is 0 Å². The lowest BCUT2D eigenvalue weighted by Crippen LogP contribution is -2.55. The van der Waals surface area contributed by atoms with Gasteiger partial charge in [-0.15, -0.1) is 6.58 Å². The molecule has 144 valence electrons. The van der Waals surface area contributed by atoms with Crippen LogP contribution in [0.15, 0.2) is 12.7 Å². The highest BCUT2D eigenvalue weighted by atomic mass is 16.2. The van der Waals surface area contributed by atoms with Gasteiger partial charge in [0.05, 0.1) is 5.41 Å². The fraction of sp³-hybridized carbons (Fsp3) is 0.864. The van der Waals surface area contributed by atoms with Crippen LogP contribution in [0.25, 0.3) is 0 Å². The monoisotopic (exact) mass is 348 g/mol. The average Bonchev–Trinajstić information content (AvgIpc) is 2.49. The molecule has 0 aromatic carbocycles. The Bertz CT molecular complexity index is 481. The van der Waals surface area contributed by atoms with E-state index in [0.29, 0.717) is 17.3 Å². The molecule has 0 spiro atoms.